The highest BCUT2D eigenvalue weighted by atomic mass is 32.2. The van der Waals surface area contributed by atoms with Gasteiger partial charge in [-0.05, 0) is 100 Å². The molecule has 0 aromatic heterocycles. The molecule has 0 saturated heterocycles. The molecule has 232 valence electrons. The summed E-state index contributed by atoms with van der Waals surface area (Å²) in [6.45, 7) is 8.98. The van der Waals surface area contributed by atoms with Crippen LogP contribution in [0.3, 0.4) is 0 Å². The van der Waals surface area contributed by atoms with Crippen molar-refractivity contribution in [2.24, 2.45) is 0 Å². The standard InChI is InChI=1S/C32H40FN3O6S/c1-7-29(31(38)34-32(3,4)5)35(21-23-10-9-11-27(20-23)41-6)30(37)22-36(25-14-16-26(17-15-25)42-8-2)43(39,40)28-18-12-24(33)13-19-28/h9-20,29H,7-8,21-22H2,1-6H3,(H,34,38)/t29-/m1/s1. The lowest BCUT2D eigenvalue weighted by Gasteiger charge is -2.34. The predicted molar refractivity (Wildman–Crippen MR) is 164 cm³/mol. The first-order chi connectivity index (χ1) is 20.3. The summed E-state index contributed by atoms with van der Waals surface area (Å²) in [5.74, 6) is -0.449. The van der Waals surface area contributed by atoms with E-state index in [0.717, 1.165) is 28.6 Å². The van der Waals surface area contributed by atoms with Crippen molar-refractivity contribution in [1.82, 2.24) is 10.2 Å². The second-order valence-electron chi connectivity index (χ2n) is 10.9. The molecular weight excluding hydrogens is 573 g/mol. The summed E-state index contributed by atoms with van der Waals surface area (Å²) in [5, 5.41) is 2.94. The summed E-state index contributed by atoms with van der Waals surface area (Å²) >= 11 is 0. The van der Waals surface area contributed by atoms with Gasteiger partial charge in [0, 0.05) is 12.1 Å². The van der Waals surface area contributed by atoms with Gasteiger partial charge < -0.3 is 19.7 Å². The molecule has 43 heavy (non-hydrogen) atoms. The Morgan fingerprint density at radius 2 is 1.60 bits per heavy atom. The summed E-state index contributed by atoms with van der Waals surface area (Å²) in [5.41, 5.74) is 0.341. The predicted octanol–water partition coefficient (Wildman–Crippen LogP) is 5.15. The summed E-state index contributed by atoms with van der Waals surface area (Å²) in [6, 6.07) is 16.9. The third kappa shape index (κ3) is 8.93. The number of ether oxygens (including phenoxy) is 2. The van der Waals surface area contributed by atoms with Crippen molar-refractivity contribution in [2.75, 3.05) is 24.6 Å². The number of carbonyl (C=O) groups is 2. The molecule has 3 rings (SSSR count). The Hall–Kier alpha value is -4.12. The van der Waals surface area contributed by atoms with Crippen LogP contribution in [0.2, 0.25) is 0 Å². The number of sulfonamides is 1. The van der Waals surface area contributed by atoms with E-state index in [0.29, 0.717) is 23.7 Å². The number of halogens is 1. The van der Waals surface area contributed by atoms with Gasteiger partial charge in [-0.3, -0.25) is 13.9 Å². The summed E-state index contributed by atoms with van der Waals surface area (Å²) < 4.78 is 53.3. The number of rotatable bonds is 13. The zero-order valence-electron chi connectivity index (χ0n) is 25.5. The van der Waals surface area contributed by atoms with E-state index in [1.54, 1.807) is 43.3 Å². The van der Waals surface area contributed by atoms with Gasteiger partial charge in [0.2, 0.25) is 11.8 Å². The molecule has 1 N–H and O–H groups in total. The van der Waals surface area contributed by atoms with Crippen LogP contribution in [0.4, 0.5) is 10.1 Å². The number of anilines is 1. The van der Waals surface area contributed by atoms with Crippen LogP contribution in [0, 0.1) is 5.82 Å². The van der Waals surface area contributed by atoms with Crippen LogP contribution in [0.25, 0.3) is 0 Å². The quantitative estimate of drug-likeness (QED) is 0.286. The molecule has 0 aliphatic carbocycles. The van der Waals surface area contributed by atoms with Gasteiger partial charge in [-0.25, -0.2) is 12.8 Å². The maximum Gasteiger partial charge on any atom is 0.264 e. The Morgan fingerprint density at radius 3 is 2.16 bits per heavy atom. The molecule has 0 saturated carbocycles. The molecule has 0 heterocycles. The Bertz CT molecular complexity index is 1490. The average Bonchev–Trinajstić information content (AvgIpc) is 2.95. The van der Waals surface area contributed by atoms with Gasteiger partial charge >= 0.3 is 0 Å². The number of carbonyl (C=O) groups excluding carboxylic acids is 2. The maximum absolute atomic E-state index is 14.2. The van der Waals surface area contributed by atoms with Crippen molar-refractivity contribution in [3.8, 4) is 11.5 Å². The van der Waals surface area contributed by atoms with Gasteiger partial charge in [0.05, 0.1) is 24.3 Å². The second kappa shape index (κ2) is 14.4. The highest BCUT2D eigenvalue weighted by Crippen LogP contribution is 2.27. The van der Waals surface area contributed by atoms with Crippen LogP contribution >= 0.6 is 0 Å². The molecule has 0 spiro atoms. The smallest absolute Gasteiger partial charge is 0.264 e. The molecule has 9 nitrogen and oxygen atoms in total. The van der Waals surface area contributed by atoms with Crippen molar-refractivity contribution in [3.05, 3.63) is 84.2 Å². The number of hydrogen-bond donors (Lipinski definition) is 1. The third-order valence-electron chi connectivity index (χ3n) is 6.49. The van der Waals surface area contributed by atoms with Gasteiger partial charge in [-0.2, -0.15) is 0 Å². The summed E-state index contributed by atoms with van der Waals surface area (Å²) in [6.07, 6.45) is 0.283. The highest BCUT2D eigenvalue weighted by Gasteiger charge is 2.34. The number of nitrogens with zero attached hydrogens (tertiary/aromatic N) is 2. The SMILES string of the molecule is CCOc1ccc(N(CC(=O)N(Cc2cccc(OC)c2)[C@H](CC)C(=O)NC(C)(C)C)S(=O)(=O)c2ccc(F)cc2)cc1. The minimum atomic E-state index is -4.33. The average molecular weight is 614 g/mol. The van der Waals surface area contributed by atoms with Gasteiger partial charge in [0.1, 0.15) is 29.9 Å². The van der Waals surface area contributed by atoms with E-state index in [9.17, 15) is 22.4 Å². The van der Waals surface area contributed by atoms with Crippen molar-refractivity contribution >= 4 is 27.5 Å². The molecular formula is C32H40FN3O6S. The summed E-state index contributed by atoms with van der Waals surface area (Å²) in [4.78, 5) is 28.8. The monoisotopic (exact) mass is 613 g/mol. The lowest BCUT2D eigenvalue weighted by molar-refractivity contribution is -0.141. The number of benzene rings is 3. The van der Waals surface area contributed by atoms with E-state index >= 15 is 0 Å². The van der Waals surface area contributed by atoms with Crippen molar-refractivity contribution in [2.45, 2.75) is 64.1 Å². The van der Waals surface area contributed by atoms with Crippen LogP contribution in [-0.4, -0.2) is 57.0 Å². The van der Waals surface area contributed by atoms with Crippen molar-refractivity contribution in [1.29, 1.82) is 0 Å². The maximum atomic E-state index is 14.2. The lowest BCUT2D eigenvalue weighted by atomic mass is 10.1. The molecule has 0 radical (unpaired) electrons. The van der Waals surface area contributed by atoms with Gasteiger partial charge in [-0.15, -0.1) is 0 Å². The molecule has 0 aliphatic heterocycles. The van der Waals surface area contributed by atoms with E-state index in [4.69, 9.17) is 9.47 Å². The van der Waals surface area contributed by atoms with E-state index in [1.807, 2.05) is 27.7 Å². The van der Waals surface area contributed by atoms with Crippen LogP contribution in [-0.2, 0) is 26.2 Å². The molecule has 0 aliphatic rings. The third-order valence-corrected chi connectivity index (χ3v) is 8.28. The van der Waals surface area contributed by atoms with Crippen molar-refractivity contribution in [3.63, 3.8) is 0 Å². The largest absolute Gasteiger partial charge is 0.497 e. The van der Waals surface area contributed by atoms with E-state index in [2.05, 4.69) is 5.32 Å². The van der Waals surface area contributed by atoms with Crippen LogP contribution < -0.4 is 19.1 Å². The summed E-state index contributed by atoms with van der Waals surface area (Å²) in [7, 11) is -2.80. The topological polar surface area (TPSA) is 105 Å². The number of nitrogens with one attached hydrogen (secondary N) is 1. The molecule has 0 bridgehead atoms. The normalized spacial score (nSPS) is 12.3. The van der Waals surface area contributed by atoms with E-state index in [1.165, 1.54) is 24.1 Å². The van der Waals surface area contributed by atoms with Crippen LogP contribution in [0.5, 0.6) is 11.5 Å². The van der Waals surface area contributed by atoms with Gasteiger partial charge in [-0.1, -0.05) is 19.1 Å². The zero-order chi connectivity index (χ0) is 31.8. The minimum absolute atomic E-state index is 0.0276. The fourth-order valence-electron chi connectivity index (χ4n) is 4.48. The van der Waals surface area contributed by atoms with Crippen LogP contribution in [0.15, 0.2) is 77.7 Å². The molecule has 1 atom stereocenters. The molecule has 3 aromatic rings. The van der Waals surface area contributed by atoms with Gasteiger partial charge in [0.15, 0.2) is 0 Å². The first-order valence-corrected chi connectivity index (χ1v) is 15.5. The number of amides is 2. The molecule has 11 heteroatoms. The molecule has 0 fully saturated rings. The second-order valence-corrected chi connectivity index (χ2v) is 12.8. The van der Waals surface area contributed by atoms with Crippen LogP contribution in [0.1, 0.15) is 46.6 Å². The number of methoxy groups -OCH3 is 1. The fraction of sp³-hybridized carbons (Fsp3) is 0.375. The van der Waals surface area contributed by atoms with Gasteiger partial charge in [0.25, 0.3) is 10.0 Å². The molecule has 2 amide bonds. The first kappa shape index (κ1) is 33.4. The van der Waals surface area contributed by atoms with E-state index < -0.39 is 39.9 Å². The molecule has 0 unspecified atom stereocenters. The van der Waals surface area contributed by atoms with E-state index in [-0.39, 0.29) is 29.5 Å². The highest BCUT2D eigenvalue weighted by molar-refractivity contribution is 7.92. The Labute approximate surface area is 253 Å². The van der Waals surface area contributed by atoms with Crippen molar-refractivity contribution < 1.29 is 31.9 Å². The first-order valence-electron chi connectivity index (χ1n) is 14.0. The minimum Gasteiger partial charge on any atom is -0.497 e. The lowest BCUT2D eigenvalue weighted by Crippen LogP contribution is -2.55. The number of hydrogen-bond acceptors (Lipinski definition) is 6. The Balaban J connectivity index is 2.08. The fourth-order valence-corrected chi connectivity index (χ4v) is 5.89. The Morgan fingerprint density at radius 1 is 0.953 bits per heavy atom. The molecule has 3 aromatic carbocycles. The zero-order valence-corrected chi connectivity index (χ0v) is 26.3. The Kier molecular flexibility index (Phi) is 11.2.